The molecule has 0 radical (unpaired) electrons. The van der Waals surface area contributed by atoms with Gasteiger partial charge in [-0.3, -0.25) is 14.9 Å². The molecule has 0 saturated carbocycles. The summed E-state index contributed by atoms with van der Waals surface area (Å²) in [6.45, 7) is 0. The van der Waals surface area contributed by atoms with Gasteiger partial charge in [-0.2, -0.15) is 5.10 Å². The zero-order valence-corrected chi connectivity index (χ0v) is 21.0. The van der Waals surface area contributed by atoms with Crippen LogP contribution in [0.1, 0.15) is 27.7 Å². The van der Waals surface area contributed by atoms with Crippen molar-refractivity contribution in [3.05, 3.63) is 147 Å². The number of amides is 1. The van der Waals surface area contributed by atoms with Crippen LogP contribution in [0.2, 0.25) is 5.02 Å². The second-order valence-electron chi connectivity index (χ2n) is 8.73. The molecule has 1 aromatic heterocycles. The number of benzene rings is 4. The fourth-order valence-corrected chi connectivity index (χ4v) is 4.36. The Morgan fingerprint density at radius 3 is 2.16 bits per heavy atom. The van der Waals surface area contributed by atoms with Crippen molar-refractivity contribution in [3.8, 4) is 16.9 Å². The molecule has 0 aliphatic rings. The Morgan fingerprint density at radius 1 is 0.895 bits per heavy atom. The number of hydrogen-bond donors (Lipinski definition) is 1. The van der Waals surface area contributed by atoms with Crippen molar-refractivity contribution in [1.29, 1.82) is 0 Å². The second-order valence-corrected chi connectivity index (χ2v) is 9.17. The number of halogens is 1. The number of nitrogens with zero attached hydrogens (tertiary/aromatic N) is 3. The summed E-state index contributed by atoms with van der Waals surface area (Å²) >= 11 is 6.09. The van der Waals surface area contributed by atoms with E-state index in [-0.39, 0.29) is 17.6 Å². The van der Waals surface area contributed by atoms with Gasteiger partial charge in [0.1, 0.15) is 5.69 Å². The molecule has 0 aliphatic heterocycles. The molecule has 38 heavy (non-hydrogen) atoms. The molecule has 8 heteroatoms. The third kappa shape index (κ3) is 5.63. The van der Waals surface area contributed by atoms with Crippen LogP contribution >= 0.6 is 11.6 Å². The normalized spacial score (nSPS) is 11.6. The predicted molar refractivity (Wildman–Crippen MR) is 147 cm³/mol. The second kappa shape index (κ2) is 11.1. The monoisotopic (exact) mass is 522 g/mol. The average Bonchev–Trinajstić information content (AvgIpc) is 3.40. The van der Waals surface area contributed by atoms with E-state index in [1.54, 1.807) is 47.1 Å². The summed E-state index contributed by atoms with van der Waals surface area (Å²) in [7, 11) is 0. The Kier molecular flexibility index (Phi) is 7.28. The summed E-state index contributed by atoms with van der Waals surface area (Å²) in [6.07, 6.45) is 0.612. The van der Waals surface area contributed by atoms with Crippen molar-refractivity contribution >= 4 is 23.2 Å². The van der Waals surface area contributed by atoms with Crippen molar-refractivity contribution in [2.45, 2.75) is 12.5 Å². The number of nitro benzene ring substituents is 1. The summed E-state index contributed by atoms with van der Waals surface area (Å²) in [5.41, 5.74) is 4.22. The van der Waals surface area contributed by atoms with Gasteiger partial charge in [-0.15, -0.1) is 0 Å². The largest absolute Gasteiger partial charge is 0.344 e. The highest BCUT2D eigenvalue weighted by Crippen LogP contribution is 2.26. The molecule has 0 unspecified atom stereocenters. The number of non-ortho nitro benzene ring substituents is 1. The molecule has 1 heterocycles. The van der Waals surface area contributed by atoms with Crippen LogP contribution < -0.4 is 5.32 Å². The molecular weight excluding hydrogens is 500 g/mol. The lowest BCUT2D eigenvalue weighted by Crippen LogP contribution is -2.31. The van der Waals surface area contributed by atoms with Gasteiger partial charge in [0, 0.05) is 22.7 Å². The lowest BCUT2D eigenvalue weighted by atomic mass is 9.98. The van der Waals surface area contributed by atoms with Crippen LogP contribution in [0.4, 0.5) is 5.69 Å². The number of nitro groups is 1. The first-order valence-corrected chi connectivity index (χ1v) is 12.4. The summed E-state index contributed by atoms with van der Waals surface area (Å²) in [5.74, 6) is -0.301. The molecular formula is C30H23ClN4O3. The lowest BCUT2D eigenvalue weighted by Gasteiger charge is -2.20. The summed E-state index contributed by atoms with van der Waals surface area (Å²) in [5, 5.41) is 19.5. The van der Waals surface area contributed by atoms with Crippen LogP contribution in [0.3, 0.4) is 0 Å². The Balaban J connectivity index is 1.52. The van der Waals surface area contributed by atoms with Crippen molar-refractivity contribution in [2.24, 2.45) is 0 Å². The first-order chi connectivity index (χ1) is 18.5. The number of carbonyl (C=O) groups excluding carboxylic acids is 1. The molecule has 5 aromatic rings. The summed E-state index contributed by atoms with van der Waals surface area (Å²) in [6, 6.07) is 34.3. The van der Waals surface area contributed by atoms with Crippen LogP contribution in [0.5, 0.6) is 0 Å². The minimum absolute atomic E-state index is 0.0181. The topological polar surface area (TPSA) is 90.1 Å². The number of carbonyl (C=O) groups is 1. The van der Waals surface area contributed by atoms with Crippen molar-refractivity contribution in [2.75, 3.05) is 0 Å². The van der Waals surface area contributed by atoms with E-state index in [1.807, 2.05) is 60.7 Å². The highest BCUT2D eigenvalue weighted by atomic mass is 35.5. The minimum atomic E-state index is -0.453. The molecule has 4 aromatic carbocycles. The van der Waals surface area contributed by atoms with E-state index in [2.05, 4.69) is 10.4 Å². The van der Waals surface area contributed by atoms with Crippen LogP contribution in [0.15, 0.2) is 115 Å². The van der Waals surface area contributed by atoms with Crippen LogP contribution in [-0.2, 0) is 6.42 Å². The molecule has 1 atom stereocenters. The first-order valence-electron chi connectivity index (χ1n) is 12.0. The summed E-state index contributed by atoms with van der Waals surface area (Å²) in [4.78, 5) is 24.4. The highest BCUT2D eigenvalue weighted by molar-refractivity contribution is 6.30. The molecule has 1 N–H and O–H groups in total. The lowest BCUT2D eigenvalue weighted by molar-refractivity contribution is -0.384. The van der Waals surface area contributed by atoms with Crippen molar-refractivity contribution in [3.63, 3.8) is 0 Å². The van der Waals surface area contributed by atoms with E-state index >= 15 is 0 Å². The molecule has 5 rings (SSSR count). The standard InChI is InChI=1S/C30H23ClN4O3/c31-24-13-17-25(18-14-24)34-29(20-28(33-34)23-11-15-26(16-12-23)35(37)38)30(36)32-27(22-9-5-2-6-10-22)19-21-7-3-1-4-8-21/h1-18,20,27H,19H2,(H,32,36)/t27-/m1/s1. The molecule has 188 valence electrons. The van der Waals surface area contributed by atoms with Gasteiger partial charge >= 0.3 is 0 Å². The SMILES string of the molecule is O=C(N[C@H](Cc1ccccc1)c1ccccc1)c1cc(-c2ccc([N+](=O)[O-])cc2)nn1-c1ccc(Cl)cc1. The third-order valence-corrected chi connectivity index (χ3v) is 6.43. The van der Waals surface area contributed by atoms with Gasteiger partial charge < -0.3 is 5.32 Å². The smallest absolute Gasteiger partial charge is 0.270 e. The fourth-order valence-electron chi connectivity index (χ4n) is 4.24. The Bertz CT molecular complexity index is 1550. The van der Waals surface area contributed by atoms with Gasteiger partial charge in [0.25, 0.3) is 11.6 Å². The quantitative estimate of drug-likeness (QED) is 0.179. The van der Waals surface area contributed by atoms with Gasteiger partial charge in [0.15, 0.2) is 0 Å². The maximum atomic E-state index is 13.8. The highest BCUT2D eigenvalue weighted by Gasteiger charge is 2.22. The summed E-state index contributed by atoms with van der Waals surface area (Å²) < 4.78 is 1.56. The average molecular weight is 523 g/mol. The van der Waals surface area contributed by atoms with Crippen LogP contribution in [-0.4, -0.2) is 20.6 Å². The van der Waals surface area contributed by atoms with Crippen LogP contribution in [0.25, 0.3) is 16.9 Å². The van der Waals surface area contributed by atoms with E-state index in [0.717, 1.165) is 11.1 Å². The molecule has 0 saturated heterocycles. The van der Waals surface area contributed by atoms with Crippen molar-refractivity contribution < 1.29 is 9.72 Å². The van der Waals surface area contributed by atoms with Gasteiger partial charge in [-0.05, 0) is 60.0 Å². The zero-order chi connectivity index (χ0) is 26.5. The Labute approximate surface area is 224 Å². The fraction of sp³-hybridized carbons (Fsp3) is 0.0667. The predicted octanol–water partition coefficient (Wildman–Crippen LogP) is 6.81. The molecule has 1 amide bonds. The number of hydrogen-bond acceptors (Lipinski definition) is 4. The zero-order valence-electron chi connectivity index (χ0n) is 20.2. The van der Waals surface area contributed by atoms with E-state index in [4.69, 9.17) is 11.6 Å². The van der Waals surface area contributed by atoms with E-state index in [1.165, 1.54) is 12.1 Å². The molecule has 0 spiro atoms. The van der Waals surface area contributed by atoms with Gasteiger partial charge in [-0.25, -0.2) is 4.68 Å². The number of aromatic nitrogens is 2. The molecule has 0 bridgehead atoms. The van der Waals surface area contributed by atoms with E-state index in [9.17, 15) is 14.9 Å². The molecule has 0 fully saturated rings. The molecule has 0 aliphatic carbocycles. The van der Waals surface area contributed by atoms with Gasteiger partial charge in [0.05, 0.1) is 22.3 Å². The Hall–Kier alpha value is -4.75. The third-order valence-electron chi connectivity index (χ3n) is 6.18. The maximum Gasteiger partial charge on any atom is 0.270 e. The first kappa shape index (κ1) is 24.9. The molecule has 7 nitrogen and oxygen atoms in total. The maximum absolute atomic E-state index is 13.8. The van der Waals surface area contributed by atoms with E-state index in [0.29, 0.717) is 34.1 Å². The van der Waals surface area contributed by atoms with Crippen LogP contribution in [0, 0.1) is 10.1 Å². The van der Waals surface area contributed by atoms with Gasteiger partial charge in [0.2, 0.25) is 0 Å². The van der Waals surface area contributed by atoms with Gasteiger partial charge in [-0.1, -0.05) is 72.3 Å². The minimum Gasteiger partial charge on any atom is -0.344 e. The Morgan fingerprint density at radius 2 is 1.53 bits per heavy atom. The number of nitrogens with one attached hydrogen (secondary N) is 1. The van der Waals surface area contributed by atoms with E-state index < -0.39 is 4.92 Å². The van der Waals surface area contributed by atoms with Crippen molar-refractivity contribution in [1.82, 2.24) is 15.1 Å². The number of rotatable bonds is 8.